The van der Waals surface area contributed by atoms with E-state index in [0.29, 0.717) is 24.3 Å². The van der Waals surface area contributed by atoms with Gasteiger partial charge in [-0.3, -0.25) is 4.79 Å². The monoisotopic (exact) mass is 337 g/mol. The Bertz CT molecular complexity index is 788. The molecule has 0 bridgehead atoms. The number of benzene rings is 2. The van der Waals surface area contributed by atoms with Gasteiger partial charge in [0, 0.05) is 5.56 Å². The molecular weight excluding hydrogens is 314 g/mol. The van der Waals surface area contributed by atoms with E-state index in [2.05, 4.69) is 6.07 Å². The van der Waals surface area contributed by atoms with Crippen molar-refractivity contribution in [3.8, 4) is 17.6 Å². The zero-order valence-electron chi connectivity index (χ0n) is 14.9. The van der Waals surface area contributed by atoms with Crippen LogP contribution in [-0.2, 0) is 13.0 Å². The highest BCUT2D eigenvalue weighted by Crippen LogP contribution is 2.29. The van der Waals surface area contributed by atoms with Gasteiger partial charge < -0.3 is 9.84 Å². The molecule has 4 nitrogen and oxygen atoms in total. The number of phenols is 1. The third kappa shape index (κ3) is 4.39. The fourth-order valence-corrected chi connectivity index (χ4v) is 2.71. The molecule has 0 aromatic heterocycles. The number of ketones is 1. The molecule has 1 atom stereocenters. The number of Topliss-reactive ketones (excluding diaryl/α,β-unsaturated/α-hetero) is 1. The minimum Gasteiger partial charge on any atom is -0.507 e. The van der Waals surface area contributed by atoms with Crippen LogP contribution < -0.4 is 4.74 Å². The fraction of sp³-hybridized carbons (Fsp3) is 0.333. The normalized spacial score (nSPS) is 11.6. The molecule has 0 saturated carbocycles. The molecule has 0 aliphatic carbocycles. The quantitative estimate of drug-likeness (QED) is 0.740. The van der Waals surface area contributed by atoms with Crippen LogP contribution in [-0.4, -0.2) is 10.9 Å². The number of carbonyl (C=O) groups excluding carboxylic acids is 1. The van der Waals surface area contributed by atoms with Crippen LogP contribution in [0.5, 0.6) is 11.5 Å². The first-order valence-corrected chi connectivity index (χ1v) is 8.45. The topological polar surface area (TPSA) is 70.3 Å². The molecule has 2 aromatic carbocycles. The van der Waals surface area contributed by atoms with Gasteiger partial charge in [-0.2, -0.15) is 5.26 Å². The van der Waals surface area contributed by atoms with Crippen molar-refractivity contribution in [2.45, 2.75) is 46.1 Å². The molecule has 4 heteroatoms. The number of carbonyl (C=O) groups is 1. The smallest absolute Gasteiger partial charge is 0.163 e. The molecule has 2 aromatic rings. The zero-order chi connectivity index (χ0) is 18.4. The summed E-state index contributed by atoms with van der Waals surface area (Å²) < 4.78 is 5.82. The van der Waals surface area contributed by atoms with Gasteiger partial charge in [0.05, 0.1) is 17.6 Å². The van der Waals surface area contributed by atoms with E-state index in [0.717, 1.165) is 23.1 Å². The predicted octanol–water partition coefficient (Wildman–Crippen LogP) is 4.75. The molecule has 0 aliphatic heterocycles. The summed E-state index contributed by atoms with van der Waals surface area (Å²) in [6, 6.07) is 13.1. The lowest BCUT2D eigenvalue weighted by Gasteiger charge is -2.15. The van der Waals surface area contributed by atoms with Crippen molar-refractivity contribution >= 4 is 5.78 Å². The Morgan fingerprint density at radius 2 is 1.92 bits per heavy atom. The van der Waals surface area contributed by atoms with Crippen LogP contribution in [0, 0.1) is 11.3 Å². The van der Waals surface area contributed by atoms with E-state index in [1.54, 1.807) is 6.07 Å². The van der Waals surface area contributed by atoms with Gasteiger partial charge in [0.1, 0.15) is 18.1 Å². The fourth-order valence-electron chi connectivity index (χ4n) is 2.71. The van der Waals surface area contributed by atoms with Crippen LogP contribution in [0.4, 0.5) is 0 Å². The van der Waals surface area contributed by atoms with E-state index >= 15 is 0 Å². The number of nitrogens with zero attached hydrogens (tertiary/aromatic N) is 1. The van der Waals surface area contributed by atoms with E-state index < -0.39 is 0 Å². The van der Waals surface area contributed by atoms with Crippen molar-refractivity contribution in [3.05, 3.63) is 58.7 Å². The number of aromatic hydroxyl groups is 1. The van der Waals surface area contributed by atoms with E-state index in [4.69, 9.17) is 10.00 Å². The van der Waals surface area contributed by atoms with Gasteiger partial charge in [-0.25, -0.2) is 0 Å². The Labute approximate surface area is 148 Å². The van der Waals surface area contributed by atoms with E-state index in [-0.39, 0.29) is 17.5 Å². The molecule has 0 saturated heterocycles. The lowest BCUT2D eigenvalue weighted by Crippen LogP contribution is -2.04. The summed E-state index contributed by atoms with van der Waals surface area (Å²) in [7, 11) is 0. The third-order valence-electron chi connectivity index (χ3n) is 4.23. The maximum atomic E-state index is 11.6. The van der Waals surface area contributed by atoms with Crippen molar-refractivity contribution in [1.82, 2.24) is 0 Å². The van der Waals surface area contributed by atoms with Crippen molar-refractivity contribution in [1.29, 1.82) is 5.26 Å². The van der Waals surface area contributed by atoms with Crippen LogP contribution in [0.1, 0.15) is 60.2 Å². The lowest BCUT2D eigenvalue weighted by atomic mass is 9.97. The van der Waals surface area contributed by atoms with Crippen LogP contribution in [0.2, 0.25) is 0 Å². The van der Waals surface area contributed by atoms with Crippen LogP contribution in [0.15, 0.2) is 36.4 Å². The number of ether oxygens (including phenoxy) is 1. The highest BCUT2D eigenvalue weighted by atomic mass is 16.5. The first-order valence-electron chi connectivity index (χ1n) is 8.45. The zero-order valence-corrected chi connectivity index (χ0v) is 14.9. The predicted molar refractivity (Wildman–Crippen MR) is 96.9 cm³/mol. The first kappa shape index (κ1) is 18.5. The largest absolute Gasteiger partial charge is 0.507 e. The molecule has 0 spiro atoms. The van der Waals surface area contributed by atoms with Gasteiger partial charge in [-0.1, -0.05) is 31.5 Å². The number of phenolic OH excluding ortho intramolecular Hbond substituents is 1. The Morgan fingerprint density at radius 1 is 1.24 bits per heavy atom. The number of rotatable bonds is 7. The SMILES string of the molecule is CCCc1c(COc2ccc(C(C)C#N)cc2)ccc(C(C)=O)c1O. The van der Waals surface area contributed by atoms with Gasteiger partial charge in [-0.05, 0) is 49.6 Å². The standard InChI is InChI=1S/C21H23NO3/c1-4-5-20-17(8-11-19(15(3)23)21(20)24)13-25-18-9-6-16(7-10-18)14(2)12-22/h6-11,14,24H,4-5,13H2,1-3H3. The summed E-state index contributed by atoms with van der Waals surface area (Å²) >= 11 is 0. The molecule has 0 fully saturated rings. The van der Waals surface area contributed by atoms with Gasteiger partial charge in [-0.15, -0.1) is 0 Å². The minimum absolute atomic E-state index is 0.0636. The van der Waals surface area contributed by atoms with Gasteiger partial charge in [0.2, 0.25) is 0 Å². The second kappa shape index (κ2) is 8.34. The second-order valence-electron chi connectivity index (χ2n) is 6.11. The summed E-state index contributed by atoms with van der Waals surface area (Å²) in [6.45, 7) is 5.64. The molecular formula is C21H23NO3. The van der Waals surface area contributed by atoms with Gasteiger partial charge >= 0.3 is 0 Å². The van der Waals surface area contributed by atoms with E-state index in [1.807, 2.05) is 44.2 Å². The molecule has 1 unspecified atom stereocenters. The van der Waals surface area contributed by atoms with E-state index in [9.17, 15) is 9.90 Å². The Hall–Kier alpha value is -2.80. The molecule has 0 amide bonds. The summed E-state index contributed by atoms with van der Waals surface area (Å²) in [4.78, 5) is 11.6. The molecule has 25 heavy (non-hydrogen) atoms. The number of hydrogen-bond donors (Lipinski definition) is 1. The van der Waals surface area contributed by atoms with Crippen molar-refractivity contribution in [3.63, 3.8) is 0 Å². The Morgan fingerprint density at radius 3 is 2.48 bits per heavy atom. The van der Waals surface area contributed by atoms with Crippen LogP contribution in [0.25, 0.3) is 0 Å². The average Bonchev–Trinajstić information content (AvgIpc) is 2.61. The minimum atomic E-state index is -0.152. The Kier molecular flexibility index (Phi) is 6.19. The average molecular weight is 337 g/mol. The lowest BCUT2D eigenvalue weighted by molar-refractivity contribution is 0.101. The maximum absolute atomic E-state index is 11.6. The van der Waals surface area contributed by atoms with Crippen molar-refractivity contribution in [2.75, 3.05) is 0 Å². The summed E-state index contributed by atoms with van der Waals surface area (Å²) in [6.07, 6.45) is 1.55. The summed E-state index contributed by atoms with van der Waals surface area (Å²) in [5.41, 5.74) is 2.94. The second-order valence-corrected chi connectivity index (χ2v) is 6.11. The molecule has 0 heterocycles. The maximum Gasteiger partial charge on any atom is 0.163 e. The van der Waals surface area contributed by atoms with E-state index in [1.165, 1.54) is 6.92 Å². The molecule has 2 rings (SSSR count). The van der Waals surface area contributed by atoms with Crippen LogP contribution >= 0.6 is 0 Å². The highest BCUT2D eigenvalue weighted by Gasteiger charge is 2.15. The molecule has 130 valence electrons. The summed E-state index contributed by atoms with van der Waals surface area (Å²) in [5, 5.41) is 19.3. The van der Waals surface area contributed by atoms with Crippen LogP contribution in [0.3, 0.4) is 0 Å². The van der Waals surface area contributed by atoms with Gasteiger partial charge in [0.25, 0.3) is 0 Å². The number of nitriles is 1. The molecule has 0 radical (unpaired) electrons. The van der Waals surface area contributed by atoms with Gasteiger partial charge in [0.15, 0.2) is 5.78 Å². The van der Waals surface area contributed by atoms with Crippen molar-refractivity contribution in [2.24, 2.45) is 0 Å². The van der Waals surface area contributed by atoms with Crippen molar-refractivity contribution < 1.29 is 14.6 Å². The molecule has 1 N–H and O–H groups in total. The Balaban J connectivity index is 2.18. The first-order chi connectivity index (χ1) is 12.0. The third-order valence-corrected chi connectivity index (χ3v) is 4.23. The summed E-state index contributed by atoms with van der Waals surface area (Å²) in [5.74, 6) is 0.464. The molecule has 0 aliphatic rings. The number of hydrogen-bond acceptors (Lipinski definition) is 4. The highest BCUT2D eigenvalue weighted by molar-refractivity contribution is 5.97.